The topological polar surface area (TPSA) is 47.3 Å². The first-order valence-corrected chi connectivity index (χ1v) is 6.99. The van der Waals surface area contributed by atoms with E-state index in [-0.39, 0.29) is 6.04 Å². The first kappa shape index (κ1) is 14.4. The van der Waals surface area contributed by atoms with Crippen molar-refractivity contribution in [2.45, 2.75) is 19.9 Å². The highest BCUT2D eigenvalue weighted by atomic mass is 16.5. The number of nitrogens with one attached hydrogen (secondary N) is 1. The molecule has 3 heteroatoms. The van der Waals surface area contributed by atoms with Crippen LogP contribution in [0.2, 0.25) is 0 Å². The Morgan fingerprint density at radius 2 is 1.70 bits per heavy atom. The number of anilines is 1. The van der Waals surface area contributed by atoms with Crippen LogP contribution in [0.4, 0.5) is 5.69 Å². The first-order chi connectivity index (χ1) is 9.72. The van der Waals surface area contributed by atoms with E-state index in [1.165, 1.54) is 5.56 Å². The molecule has 0 bridgehead atoms. The molecule has 0 heterocycles. The molecule has 0 aromatic heterocycles. The maximum atomic E-state index is 5.89. The van der Waals surface area contributed by atoms with E-state index in [1.807, 2.05) is 19.1 Å². The van der Waals surface area contributed by atoms with E-state index in [0.717, 1.165) is 17.0 Å². The van der Waals surface area contributed by atoms with Crippen LogP contribution in [0.3, 0.4) is 0 Å². The summed E-state index contributed by atoms with van der Waals surface area (Å²) in [6.07, 6.45) is 0. The maximum Gasteiger partial charge on any atom is 0.119 e. The van der Waals surface area contributed by atoms with E-state index in [9.17, 15) is 0 Å². The van der Waals surface area contributed by atoms with Gasteiger partial charge in [-0.15, -0.1) is 0 Å². The molecular formula is C17H22N2O. The SMILES string of the molecule is CCOc1ccc(C(CN)Nc2ccc(C)cc2)cc1. The average Bonchev–Trinajstić information content (AvgIpc) is 2.48. The van der Waals surface area contributed by atoms with Gasteiger partial charge < -0.3 is 15.8 Å². The predicted molar refractivity (Wildman–Crippen MR) is 84.2 cm³/mol. The molecule has 2 aromatic rings. The fourth-order valence-electron chi connectivity index (χ4n) is 2.09. The molecule has 20 heavy (non-hydrogen) atoms. The van der Waals surface area contributed by atoms with Gasteiger partial charge in [-0.2, -0.15) is 0 Å². The van der Waals surface area contributed by atoms with Crippen LogP contribution in [-0.4, -0.2) is 13.2 Å². The molecule has 0 spiro atoms. The highest BCUT2D eigenvalue weighted by Crippen LogP contribution is 2.21. The zero-order valence-corrected chi connectivity index (χ0v) is 12.1. The van der Waals surface area contributed by atoms with Crippen LogP contribution >= 0.6 is 0 Å². The Hall–Kier alpha value is -2.00. The van der Waals surface area contributed by atoms with Gasteiger partial charge in [0.15, 0.2) is 0 Å². The summed E-state index contributed by atoms with van der Waals surface area (Å²) in [7, 11) is 0. The monoisotopic (exact) mass is 270 g/mol. The number of aryl methyl sites for hydroxylation is 1. The van der Waals surface area contributed by atoms with Crippen molar-refractivity contribution in [1.82, 2.24) is 0 Å². The molecule has 0 amide bonds. The molecule has 1 unspecified atom stereocenters. The lowest BCUT2D eigenvalue weighted by molar-refractivity contribution is 0.340. The molecule has 0 aliphatic carbocycles. The van der Waals surface area contributed by atoms with E-state index >= 15 is 0 Å². The van der Waals surface area contributed by atoms with E-state index < -0.39 is 0 Å². The van der Waals surface area contributed by atoms with Crippen molar-refractivity contribution in [2.24, 2.45) is 5.73 Å². The highest BCUT2D eigenvalue weighted by molar-refractivity contribution is 5.47. The zero-order valence-electron chi connectivity index (χ0n) is 12.1. The number of rotatable bonds is 6. The molecule has 2 rings (SSSR count). The fourth-order valence-corrected chi connectivity index (χ4v) is 2.09. The smallest absolute Gasteiger partial charge is 0.119 e. The Balaban J connectivity index is 2.09. The van der Waals surface area contributed by atoms with Gasteiger partial charge in [0.2, 0.25) is 0 Å². The van der Waals surface area contributed by atoms with Crippen molar-refractivity contribution < 1.29 is 4.74 Å². The molecule has 0 saturated carbocycles. The molecule has 2 aromatic carbocycles. The predicted octanol–water partition coefficient (Wildman–Crippen LogP) is 3.51. The minimum absolute atomic E-state index is 0.105. The van der Waals surface area contributed by atoms with Gasteiger partial charge in [0, 0.05) is 12.2 Å². The van der Waals surface area contributed by atoms with Crippen molar-refractivity contribution in [3.63, 3.8) is 0 Å². The van der Waals surface area contributed by atoms with Crippen molar-refractivity contribution in [1.29, 1.82) is 0 Å². The number of ether oxygens (including phenoxy) is 1. The van der Waals surface area contributed by atoms with E-state index in [1.54, 1.807) is 0 Å². The lowest BCUT2D eigenvalue weighted by Gasteiger charge is -2.19. The summed E-state index contributed by atoms with van der Waals surface area (Å²) in [5.41, 5.74) is 9.38. The Labute approximate surface area is 120 Å². The summed E-state index contributed by atoms with van der Waals surface area (Å²) >= 11 is 0. The maximum absolute atomic E-state index is 5.89. The largest absolute Gasteiger partial charge is 0.494 e. The molecule has 0 saturated heterocycles. The lowest BCUT2D eigenvalue weighted by Crippen LogP contribution is -2.20. The van der Waals surface area contributed by atoms with Gasteiger partial charge in [-0.3, -0.25) is 0 Å². The van der Waals surface area contributed by atoms with Crippen LogP contribution in [0, 0.1) is 6.92 Å². The molecular weight excluding hydrogens is 248 g/mol. The minimum atomic E-state index is 0.105. The van der Waals surface area contributed by atoms with Crippen LogP contribution < -0.4 is 15.8 Å². The molecule has 106 valence electrons. The van der Waals surface area contributed by atoms with Gasteiger partial charge in [-0.1, -0.05) is 29.8 Å². The molecule has 0 radical (unpaired) electrons. The Bertz CT molecular complexity index is 520. The lowest BCUT2D eigenvalue weighted by atomic mass is 10.1. The van der Waals surface area contributed by atoms with E-state index in [0.29, 0.717) is 13.2 Å². The van der Waals surface area contributed by atoms with Crippen LogP contribution in [0.5, 0.6) is 5.75 Å². The molecule has 0 fully saturated rings. The van der Waals surface area contributed by atoms with Crippen LogP contribution in [0.25, 0.3) is 0 Å². The third-order valence-electron chi connectivity index (χ3n) is 3.22. The van der Waals surface area contributed by atoms with Gasteiger partial charge in [0.1, 0.15) is 5.75 Å². The molecule has 1 atom stereocenters. The molecule has 0 aliphatic heterocycles. The highest BCUT2D eigenvalue weighted by Gasteiger charge is 2.09. The first-order valence-electron chi connectivity index (χ1n) is 6.99. The zero-order chi connectivity index (χ0) is 14.4. The Kier molecular flexibility index (Phi) is 5.02. The van der Waals surface area contributed by atoms with Gasteiger partial charge in [-0.05, 0) is 43.7 Å². The summed E-state index contributed by atoms with van der Waals surface area (Å²) < 4.78 is 5.45. The van der Waals surface area contributed by atoms with Gasteiger partial charge in [0.25, 0.3) is 0 Å². The van der Waals surface area contributed by atoms with Gasteiger partial charge in [0.05, 0.1) is 12.6 Å². The van der Waals surface area contributed by atoms with Gasteiger partial charge >= 0.3 is 0 Å². The Morgan fingerprint density at radius 3 is 2.25 bits per heavy atom. The second-order valence-electron chi connectivity index (χ2n) is 4.80. The molecule has 3 nitrogen and oxygen atoms in total. The molecule has 3 N–H and O–H groups in total. The van der Waals surface area contributed by atoms with Crippen LogP contribution in [0.1, 0.15) is 24.1 Å². The number of hydrogen-bond donors (Lipinski definition) is 2. The van der Waals surface area contributed by atoms with Crippen molar-refractivity contribution in [3.8, 4) is 5.75 Å². The third kappa shape index (κ3) is 3.75. The number of hydrogen-bond acceptors (Lipinski definition) is 3. The summed E-state index contributed by atoms with van der Waals surface area (Å²) in [6, 6.07) is 16.5. The number of benzene rings is 2. The summed E-state index contributed by atoms with van der Waals surface area (Å²) in [4.78, 5) is 0. The van der Waals surface area contributed by atoms with Crippen LogP contribution in [0.15, 0.2) is 48.5 Å². The standard InChI is InChI=1S/C17H22N2O/c1-3-20-16-10-6-14(7-11-16)17(12-18)19-15-8-4-13(2)5-9-15/h4-11,17,19H,3,12,18H2,1-2H3. The van der Waals surface area contributed by atoms with Crippen molar-refractivity contribution >= 4 is 5.69 Å². The van der Waals surface area contributed by atoms with E-state index in [2.05, 4.69) is 48.6 Å². The third-order valence-corrected chi connectivity index (χ3v) is 3.22. The van der Waals surface area contributed by atoms with Crippen LogP contribution in [-0.2, 0) is 0 Å². The number of nitrogens with two attached hydrogens (primary N) is 1. The second-order valence-corrected chi connectivity index (χ2v) is 4.80. The molecule has 0 aliphatic rings. The second kappa shape index (κ2) is 6.96. The Morgan fingerprint density at radius 1 is 1.05 bits per heavy atom. The summed E-state index contributed by atoms with van der Waals surface area (Å²) in [5.74, 6) is 0.891. The van der Waals surface area contributed by atoms with Gasteiger partial charge in [-0.25, -0.2) is 0 Å². The van der Waals surface area contributed by atoms with Crippen molar-refractivity contribution in [3.05, 3.63) is 59.7 Å². The quantitative estimate of drug-likeness (QED) is 0.844. The van der Waals surface area contributed by atoms with Crippen molar-refractivity contribution in [2.75, 3.05) is 18.5 Å². The fraction of sp³-hybridized carbons (Fsp3) is 0.294. The average molecular weight is 270 g/mol. The summed E-state index contributed by atoms with van der Waals surface area (Å²) in [6.45, 7) is 5.29. The normalized spacial score (nSPS) is 11.9. The van der Waals surface area contributed by atoms with E-state index in [4.69, 9.17) is 10.5 Å². The summed E-state index contributed by atoms with van der Waals surface area (Å²) in [5, 5.41) is 3.46. The minimum Gasteiger partial charge on any atom is -0.494 e.